The maximum atomic E-state index is 11.6. The normalized spacial score (nSPS) is 10.7. The van der Waals surface area contributed by atoms with E-state index in [0.29, 0.717) is 11.5 Å². The van der Waals surface area contributed by atoms with Crippen molar-refractivity contribution >= 4 is 17.4 Å². The van der Waals surface area contributed by atoms with Gasteiger partial charge in [-0.25, -0.2) is 4.98 Å². The van der Waals surface area contributed by atoms with Gasteiger partial charge in [0, 0.05) is 29.3 Å². The molecule has 0 atom stereocenters. The topological polar surface area (TPSA) is 50.7 Å². The summed E-state index contributed by atoms with van der Waals surface area (Å²) in [5.74, 6) is 0.652. The molecule has 0 saturated carbocycles. The summed E-state index contributed by atoms with van der Waals surface area (Å²) in [4.78, 5) is 18.8. The number of nitrogens with zero attached hydrogens (tertiary/aromatic N) is 2. The molecule has 5 heteroatoms. The Balaban J connectivity index is 2.56. The molecule has 0 saturated heterocycles. The molecule has 2 aromatic heterocycles. The number of aromatic amines is 1. The molecule has 2 aromatic rings. The van der Waals surface area contributed by atoms with Crippen molar-refractivity contribution in [2.75, 3.05) is 5.88 Å². The Bertz CT molecular complexity index is 514. The van der Waals surface area contributed by atoms with Crippen molar-refractivity contribution in [2.24, 2.45) is 0 Å². The standard InChI is InChI=1S/C11H12ClN3O/c1-7-5-9(10(16)6-12)8(2)15(7)11-13-3-4-14-11/h3-5H,6H2,1-2H3,(H,13,14). The Morgan fingerprint density at radius 1 is 1.56 bits per heavy atom. The van der Waals surface area contributed by atoms with Crippen molar-refractivity contribution in [3.05, 3.63) is 35.4 Å². The first-order valence-corrected chi connectivity index (χ1v) is 5.46. The Hall–Kier alpha value is -1.55. The number of nitrogens with one attached hydrogen (secondary N) is 1. The van der Waals surface area contributed by atoms with Crippen molar-refractivity contribution in [2.45, 2.75) is 13.8 Å². The minimum absolute atomic E-state index is 0.00243. The van der Waals surface area contributed by atoms with Gasteiger partial charge < -0.3 is 4.98 Å². The zero-order valence-electron chi connectivity index (χ0n) is 9.12. The molecule has 0 fully saturated rings. The summed E-state index contributed by atoms with van der Waals surface area (Å²) in [7, 11) is 0. The fraction of sp³-hybridized carbons (Fsp3) is 0.273. The van der Waals surface area contributed by atoms with Gasteiger partial charge in [0.25, 0.3) is 0 Å². The van der Waals surface area contributed by atoms with Crippen molar-refractivity contribution in [3.63, 3.8) is 0 Å². The van der Waals surface area contributed by atoms with Crippen LogP contribution in [0, 0.1) is 13.8 Å². The molecular weight excluding hydrogens is 226 g/mol. The number of imidazole rings is 1. The molecule has 84 valence electrons. The van der Waals surface area contributed by atoms with Crippen LogP contribution in [0.15, 0.2) is 18.5 Å². The van der Waals surface area contributed by atoms with Crippen LogP contribution < -0.4 is 0 Å². The highest BCUT2D eigenvalue weighted by Crippen LogP contribution is 2.19. The Kier molecular flexibility index (Phi) is 2.83. The maximum absolute atomic E-state index is 11.6. The predicted octanol–water partition coefficient (Wildman–Crippen LogP) is 2.24. The largest absolute Gasteiger partial charge is 0.330 e. The second kappa shape index (κ2) is 4.14. The van der Waals surface area contributed by atoms with E-state index in [9.17, 15) is 4.79 Å². The summed E-state index contributed by atoms with van der Waals surface area (Å²) >= 11 is 5.56. The number of hydrogen-bond donors (Lipinski definition) is 1. The lowest BCUT2D eigenvalue weighted by Crippen LogP contribution is -2.05. The molecule has 0 aliphatic heterocycles. The van der Waals surface area contributed by atoms with E-state index in [1.807, 2.05) is 24.5 Å². The predicted molar refractivity (Wildman–Crippen MR) is 62.4 cm³/mol. The molecule has 2 rings (SSSR count). The average molecular weight is 238 g/mol. The molecule has 0 radical (unpaired) electrons. The highest BCUT2D eigenvalue weighted by Gasteiger charge is 2.16. The number of halogens is 1. The summed E-state index contributed by atoms with van der Waals surface area (Å²) in [6, 6.07) is 1.84. The summed E-state index contributed by atoms with van der Waals surface area (Å²) < 4.78 is 1.90. The maximum Gasteiger partial charge on any atom is 0.211 e. The van der Waals surface area contributed by atoms with E-state index >= 15 is 0 Å². The first-order valence-electron chi connectivity index (χ1n) is 4.93. The highest BCUT2D eigenvalue weighted by atomic mass is 35.5. The SMILES string of the molecule is Cc1cc(C(=O)CCl)c(C)n1-c1ncc[nH]1. The number of H-pyrrole nitrogens is 1. The minimum atomic E-state index is -0.0624. The molecule has 0 aromatic carbocycles. The van der Waals surface area contributed by atoms with Gasteiger partial charge in [0.05, 0.1) is 5.88 Å². The number of alkyl halides is 1. The molecule has 0 amide bonds. The quantitative estimate of drug-likeness (QED) is 0.658. The van der Waals surface area contributed by atoms with E-state index in [1.54, 1.807) is 12.4 Å². The zero-order valence-corrected chi connectivity index (χ0v) is 9.88. The van der Waals surface area contributed by atoms with Crippen LogP contribution in [0.5, 0.6) is 0 Å². The van der Waals surface area contributed by atoms with Crippen LogP contribution in [0.2, 0.25) is 0 Å². The molecule has 16 heavy (non-hydrogen) atoms. The molecule has 0 spiro atoms. The molecule has 4 nitrogen and oxygen atoms in total. The second-order valence-corrected chi connectivity index (χ2v) is 3.86. The number of ketones is 1. The fourth-order valence-corrected chi connectivity index (χ4v) is 1.97. The lowest BCUT2D eigenvalue weighted by Gasteiger charge is -2.05. The number of rotatable bonds is 3. The third-order valence-corrected chi connectivity index (χ3v) is 2.79. The van der Waals surface area contributed by atoms with Gasteiger partial charge in [-0.2, -0.15) is 0 Å². The van der Waals surface area contributed by atoms with Gasteiger partial charge in [-0.1, -0.05) is 0 Å². The lowest BCUT2D eigenvalue weighted by atomic mass is 10.2. The van der Waals surface area contributed by atoms with E-state index in [4.69, 9.17) is 11.6 Å². The molecule has 1 N–H and O–H groups in total. The van der Waals surface area contributed by atoms with Gasteiger partial charge in [0.1, 0.15) is 0 Å². The Morgan fingerprint density at radius 3 is 2.88 bits per heavy atom. The van der Waals surface area contributed by atoms with E-state index in [1.165, 1.54) is 0 Å². The Morgan fingerprint density at radius 2 is 2.31 bits per heavy atom. The first kappa shape index (κ1) is 11.0. The molecule has 2 heterocycles. The van der Waals surface area contributed by atoms with E-state index in [2.05, 4.69) is 9.97 Å². The molecule has 0 bridgehead atoms. The zero-order chi connectivity index (χ0) is 11.7. The summed E-state index contributed by atoms with van der Waals surface area (Å²) in [5, 5.41) is 0. The number of hydrogen-bond acceptors (Lipinski definition) is 2. The molecule has 0 aliphatic carbocycles. The fourth-order valence-electron chi connectivity index (χ4n) is 1.82. The number of carbonyl (C=O) groups excluding carboxylic acids is 1. The molecular formula is C11H12ClN3O. The number of aryl methyl sites for hydroxylation is 1. The van der Waals surface area contributed by atoms with Crippen LogP contribution in [0.1, 0.15) is 21.7 Å². The number of carbonyl (C=O) groups is 1. The van der Waals surface area contributed by atoms with Crippen LogP contribution in [0.25, 0.3) is 5.95 Å². The van der Waals surface area contributed by atoms with Gasteiger partial charge in [-0.15, -0.1) is 11.6 Å². The van der Waals surface area contributed by atoms with Crippen molar-refractivity contribution < 1.29 is 4.79 Å². The van der Waals surface area contributed by atoms with Crippen LogP contribution >= 0.6 is 11.6 Å². The van der Waals surface area contributed by atoms with E-state index in [0.717, 1.165) is 11.4 Å². The second-order valence-electron chi connectivity index (χ2n) is 3.59. The van der Waals surface area contributed by atoms with Crippen molar-refractivity contribution in [3.8, 4) is 5.95 Å². The third kappa shape index (κ3) is 1.65. The lowest BCUT2D eigenvalue weighted by molar-refractivity contribution is 0.102. The summed E-state index contributed by atoms with van der Waals surface area (Å²) in [6.45, 7) is 3.82. The minimum Gasteiger partial charge on any atom is -0.330 e. The molecule has 0 unspecified atom stereocenters. The summed E-state index contributed by atoms with van der Waals surface area (Å²) in [6.07, 6.45) is 3.43. The van der Waals surface area contributed by atoms with E-state index in [-0.39, 0.29) is 11.7 Å². The summed E-state index contributed by atoms with van der Waals surface area (Å²) in [5.41, 5.74) is 2.47. The first-order chi connectivity index (χ1) is 7.65. The highest BCUT2D eigenvalue weighted by molar-refractivity contribution is 6.30. The molecule has 0 aliphatic rings. The van der Waals surface area contributed by atoms with Crippen LogP contribution in [-0.4, -0.2) is 26.2 Å². The van der Waals surface area contributed by atoms with Crippen LogP contribution in [0.3, 0.4) is 0 Å². The van der Waals surface area contributed by atoms with Gasteiger partial charge in [-0.3, -0.25) is 9.36 Å². The van der Waals surface area contributed by atoms with Crippen molar-refractivity contribution in [1.29, 1.82) is 0 Å². The Labute approximate surface area is 98.3 Å². The third-order valence-electron chi connectivity index (χ3n) is 2.55. The number of Topliss-reactive ketones (excluding diaryl/α,β-unsaturated/α-hetero) is 1. The smallest absolute Gasteiger partial charge is 0.211 e. The van der Waals surface area contributed by atoms with Crippen molar-refractivity contribution in [1.82, 2.24) is 14.5 Å². The van der Waals surface area contributed by atoms with Crippen LogP contribution in [0.4, 0.5) is 0 Å². The van der Waals surface area contributed by atoms with Gasteiger partial charge in [-0.05, 0) is 19.9 Å². The average Bonchev–Trinajstić information content (AvgIpc) is 2.86. The van der Waals surface area contributed by atoms with Gasteiger partial charge >= 0.3 is 0 Å². The van der Waals surface area contributed by atoms with Gasteiger partial charge in [0.2, 0.25) is 5.95 Å². The van der Waals surface area contributed by atoms with E-state index < -0.39 is 0 Å². The van der Waals surface area contributed by atoms with Crippen LogP contribution in [-0.2, 0) is 0 Å². The number of aromatic nitrogens is 3. The van der Waals surface area contributed by atoms with Gasteiger partial charge in [0.15, 0.2) is 5.78 Å². The monoisotopic (exact) mass is 237 g/mol.